The first kappa shape index (κ1) is 42.3. The van der Waals surface area contributed by atoms with E-state index < -0.39 is 100 Å². The Morgan fingerprint density at radius 1 is 0.950 bits per heavy atom. The standard InChI is InChI=1S/C33H38F2N10O12P2S/c1-33(2,3)31(47)54-16-6-4-15(5-7-16)10-60-58(48)14-51-23-18(56-29(20(23)35)44-12-40-21-25(36)38-11-39-26(21)44)9-53-59(49,50)57-24-19(34)17(8-52-58)55-30(24)45-13-41-22-27(45)42-32(37)43-28(22)46/h4-7,11-13,17-20,23-24,29-30H,8-10,14H2,1-3H3,(H,49,50)(H2,36,38,39)(H3,37,42,43,46)/t17-,18-,19-,20-,23-,24-,29-,30-,58?/m1/s1. The number of ether oxygens (including phenoxy) is 4. The van der Waals surface area contributed by atoms with E-state index in [2.05, 4.69) is 29.9 Å². The molecule has 10 atom stereocenters. The predicted octanol–water partition coefficient (Wildman–Crippen LogP) is 3.55. The van der Waals surface area contributed by atoms with Gasteiger partial charge < -0.3 is 39.8 Å². The molecule has 3 saturated heterocycles. The van der Waals surface area contributed by atoms with Gasteiger partial charge in [-0.2, -0.15) is 4.98 Å². The van der Waals surface area contributed by atoms with Gasteiger partial charge in [0.25, 0.3) is 12.1 Å². The number of hydrogen-bond donors (Lipinski definition) is 4. The van der Waals surface area contributed by atoms with E-state index in [0.717, 1.165) is 28.6 Å². The Bertz CT molecular complexity index is 2580. The number of carbonyl (C=O) groups excluding carboxylic acids is 1. The SMILES string of the molecule is CC(C)(C)C(=O)Oc1ccc(CSP2(=O)CO[C@H]3[C@@H](F)[C@H](n4cnc5c(N)ncnc54)O[C@@H]3COP(=O)(O)O[C@@H]3[C@H](F)[C@@H](CO2)O[C@H]3n2cnc3c(=O)[nH]c(N)nc32)cc1. The molecule has 22 nitrogen and oxygen atoms in total. The summed E-state index contributed by atoms with van der Waals surface area (Å²) in [6.45, 7) is -0.579. The van der Waals surface area contributed by atoms with Crippen LogP contribution in [0.4, 0.5) is 20.5 Å². The average molecular weight is 899 g/mol. The van der Waals surface area contributed by atoms with Crippen LogP contribution in [0.1, 0.15) is 38.8 Å². The molecule has 1 aromatic carbocycles. The molecule has 3 fully saturated rings. The molecular weight excluding hydrogens is 860 g/mol. The van der Waals surface area contributed by atoms with E-state index in [1.807, 2.05) is 0 Å². The van der Waals surface area contributed by atoms with Crippen molar-refractivity contribution in [2.45, 2.75) is 75.7 Å². The molecule has 0 radical (unpaired) electrons. The third kappa shape index (κ3) is 8.43. The smallest absolute Gasteiger partial charge is 0.426 e. The maximum Gasteiger partial charge on any atom is 0.472 e. The van der Waals surface area contributed by atoms with Crippen molar-refractivity contribution < 1.29 is 60.1 Å². The highest BCUT2D eigenvalue weighted by Crippen LogP contribution is 2.62. The first-order valence-electron chi connectivity index (χ1n) is 18.1. The summed E-state index contributed by atoms with van der Waals surface area (Å²) >= 11 is 0.794. The lowest BCUT2D eigenvalue weighted by atomic mass is 9.97. The highest BCUT2D eigenvalue weighted by atomic mass is 32.7. The van der Waals surface area contributed by atoms with Gasteiger partial charge in [0, 0.05) is 5.75 Å². The zero-order valence-corrected chi connectivity index (χ0v) is 34.4. The summed E-state index contributed by atoms with van der Waals surface area (Å²) in [4.78, 5) is 58.4. The molecule has 3 aliphatic rings. The fourth-order valence-electron chi connectivity index (χ4n) is 6.52. The van der Waals surface area contributed by atoms with E-state index >= 15 is 8.78 Å². The number of alkyl halides is 2. The summed E-state index contributed by atoms with van der Waals surface area (Å²) in [5, 5.41) is 0. The number of benzene rings is 1. The molecule has 2 bridgehead atoms. The lowest BCUT2D eigenvalue weighted by Gasteiger charge is -2.26. The Morgan fingerprint density at radius 2 is 1.63 bits per heavy atom. The second-order valence-electron chi connectivity index (χ2n) is 14.9. The van der Waals surface area contributed by atoms with Gasteiger partial charge in [-0.25, -0.2) is 33.3 Å². The zero-order chi connectivity index (χ0) is 42.7. The number of esters is 1. The van der Waals surface area contributed by atoms with Crippen LogP contribution in [0.2, 0.25) is 0 Å². The fraction of sp³-hybridized carbons (Fsp3) is 0.485. The number of H-pyrrole nitrogens is 1. The van der Waals surface area contributed by atoms with Gasteiger partial charge in [0.15, 0.2) is 47.4 Å². The summed E-state index contributed by atoms with van der Waals surface area (Å²) in [7, 11) is -5.26. The number of hydrogen-bond acceptors (Lipinski definition) is 19. The number of phosphoric acid groups is 1. The normalized spacial score (nSPS) is 31.6. The van der Waals surface area contributed by atoms with Gasteiger partial charge in [-0.1, -0.05) is 23.5 Å². The van der Waals surface area contributed by atoms with Crippen LogP contribution < -0.4 is 21.8 Å². The third-order valence-electron chi connectivity index (χ3n) is 9.61. The molecule has 6 N–H and O–H groups in total. The Balaban J connectivity index is 1.10. The van der Waals surface area contributed by atoms with E-state index in [0.29, 0.717) is 5.56 Å². The van der Waals surface area contributed by atoms with Crippen molar-refractivity contribution >= 4 is 65.8 Å². The van der Waals surface area contributed by atoms with Crippen molar-refractivity contribution in [3.8, 4) is 5.75 Å². The van der Waals surface area contributed by atoms with Crippen molar-refractivity contribution in [2.24, 2.45) is 5.41 Å². The summed E-state index contributed by atoms with van der Waals surface area (Å²) in [6, 6.07) is 6.40. The maximum atomic E-state index is 16.6. The van der Waals surface area contributed by atoms with Crippen LogP contribution in [0.15, 0.2) is 48.0 Å². The molecule has 0 amide bonds. The van der Waals surface area contributed by atoms with Crippen LogP contribution in [0.5, 0.6) is 5.75 Å². The summed E-state index contributed by atoms with van der Waals surface area (Å²) in [6.07, 6.45) is -11.4. The van der Waals surface area contributed by atoms with E-state index in [1.54, 1.807) is 45.0 Å². The molecule has 8 rings (SSSR count). The number of nitrogens with zero attached hydrogens (tertiary/aromatic N) is 7. The molecule has 0 spiro atoms. The number of aromatic nitrogens is 8. The quantitative estimate of drug-likeness (QED) is 0.108. The topological polar surface area (TPSA) is 295 Å². The number of carbonyl (C=O) groups is 1. The highest BCUT2D eigenvalue weighted by molar-refractivity contribution is 8.56. The first-order chi connectivity index (χ1) is 28.4. The monoisotopic (exact) mass is 898 g/mol. The number of halogens is 2. The van der Waals surface area contributed by atoms with Gasteiger partial charge in [-0.15, -0.1) is 0 Å². The van der Waals surface area contributed by atoms with Gasteiger partial charge in [-0.05, 0) is 38.5 Å². The molecule has 60 heavy (non-hydrogen) atoms. The van der Waals surface area contributed by atoms with E-state index in [1.165, 1.54) is 10.9 Å². The summed E-state index contributed by atoms with van der Waals surface area (Å²) < 4.78 is 103. The van der Waals surface area contributed by atoms with Crippen LogP contribution in [0.3, 0.4) is 0 Å². The van der Waals surface area contributed by atoms with Gasteiger partial charge >= 0.3 is 13.8 Å². The Hall–Kier alpha value is -4.42. The molecule has 7 heterocycles. The molecule has 27 heteroatoms. The van der Waals surface area contributed by atoms with Crippen molar-refractivity contribution in [2.75, 3.05) is 31.0 Å². The Kier molecular flexibility index (Phi) is 11.4. The zero-order valence-electron chi connectivity index (χ0n) is 31.8. The number of fused-ring (bicyclic) bond motifs is 5. The summed E-state index contributed by atoms with van der Waals surface area (Å²) in [5.41, 5.74) is 10.7. The Morgan fingerprint density at radius 3 is 2.37 bits per heavy atom. The van der Waals surface area contributed by atoms with Gasteiger partial charge in [0.2, 0.25) is 5.95 Å². The third-order valence-corrected chi connectivity index (χ3v) is 14.7. The number of nitrogen functional groups attached to an aromatic ring is 2. The molecular formula is C33H38F2N10O12P2S. The first-order valence-corrected chi connectivity index (χ1v) is 23.0. The number of imidazole rings is 2. The number of rotatable bonds is 6. The molecule has 4 aromatic heterocycles. The summed E-state index contributed by atoms with van der Waals surface area (Å²) in [5.74, 6) is -0.439. The Labute approximate surface area is 341 Å². The molecule has 0 saturated carbocycles. The second kappa shape index (κ2) is 16.1. The highest BCUT2D eigenvalue weighted by Gasteiger charge is 2.54. The minimum atomic E-state index is -5.26. The lowest BCUT2D eigenvalue weighted by Crippen LogP contribution is -2.36. The lowest BCUT2D eigenvalue weighted by molar-refractivity contribution is -0.143. The number of nitrogens with one attached hydrogen (secondary N) is 1. The van der Waals surface area contributed by atoms with Gasteiger partial charge in [0.1, 0.15) is 48.4 Å². The van der Waals surface area contributed by atoms with Gasteiger partial charge in [-0.3, -0.25) is 37.3 Å². The van der Waals surface area contributed by atoms with Crippen molar-refractivity contribution in [3.63, 3.8) is 0 Å². The largest absolute Gasteiger partial charge is 0.472 e. The van der Waals surface area contributed by atoms with Gasteiger partial charge in [0.05, 0.1) is 31.3 Å². The minimum Gasteiger partial charge on any atom is -0.426 e. The number of phosphoric ester groups is 1. The minimum absolute atomic E-state index is 0.0110. The average Bonchev–Trinajstić information content (AvgIpc) is 3.96. The van der Waals surface area contributed by atoms with Crippen LogP contribution >= 0.6 is 25.8 Å². The second-order valence-corrected chi connectivity index (χ2v) is 21.1. The van der Waals surface area contributed by atoms with Crippen LogP contribution in [-0.2, 0) is 47.5 Å². The van der Waals surface area contributed by atoms with Crippen LogP contribution in [0, 0.1) is 5.41 Å². The number of nitrogens with two attached hydrogens (primary N) is 2. The van der Waals surface area contributed by atoms with E-state index in [-0.39, 0.29) is 45.6 Å². The van der Waals surface area contributed by atoms with Crippen LogP contribution in [-0.4, -0.2) is 106 Å². The fourth-order valence-corrected chi connectivity index (χ4v) is 10.8. The van der Waals surface area contributed by atoms with Crippen LogP contribution in [0.25, 0.3) is 22.3 Å². The number of anilines is 2. The van der Waals surface area contributed by atoms with Crippen molar-refractivity contribution in [1.82, 2.24) is 39.0 Å². The van der Waals surface area contributed by atoms with E-state index in [4.69, 9.17) is 44.0 Å². The number of aromatic amines is 1. The maximum absolute atomic E-state index is 16.6. The molecule has 0 aliphatic carbocycles. The predicted molar refractivity (Wildman–Crippen MR) is 207 cm³/mol. The molecule has 2 unspecified atom stereocenters. The molecule has 322 valence electrons. The van der Waals surface area contributed by atoms with Crippen molar-refractivity contribution in [1.29, 1.82) is 0 Å². The molecule has 5 aromatic rings. The van der Waals surface area contributed by atoms with Crippen molar-refractivity contribution in [3.05, 3.63) is 59.2 Å². The molecule has 3 aliphatic heterocycles. The van der Waals surface area contributed by atoms with E-state index in [9.17, 15) is 23.6 Å².